The molecule has 1 aliphatic carbocycles. The highest BCUT2D eigenvalue weighted by Gasteiger charge is 2.33. The number of nitrogens with one attached hydrogen (secondary N) is 1. The first-order valence-electron chi connectivity index (χ1n) is 6.86. The predicted octanol–water partition coefficient (Wildman–Crippen LogP) is 3.12. The zero-order valence-corrected chi connectivity index (χ0v) is 12.8. The largest absolute Gasteiger partial charge is 0.398 e. The Labute approximate surface area is 123 Å². The minimum atomic E-state index is -0.435. The number of carbonyl (C=O) groups is 1. The van der Waals surface area contributed by atoms with Crippen LogP contribution in [0.25, 0.3) is 0 Å². The van der Waals surface area contributed by atoms with E-state index in [1.54, 1.807) is 6.92 Å². The third-order valence-corrected chi connectivity index (χ3v) is 5.58. The lowest BCUT2D eigenvalue weighted by atomic mass is 10.1. The minimum Gasteiger partial charge on any atom is -0.398 e. The SMILES string of the molecule is CSC1(CNC(=O)c2cc(N)c(C)c(F)c2)CCCC1. The summed E-state index contributed by atoms with van der Waals surface area (Å²) in [6, 6.07) is 2.79. The number of amides is 1. The van der Waals surface area contributed by atoms with Gasteiger partial charge in [-0.3, -0.25) is 4.79 Å². The maximum atomic E-state index is 13.6. The summed E-state index contributed by atoms with van der Waals surface area (Å²) < 4.78 is 13.8. The zero-order valence-electron chi connectivity index (χ0n) is 12.0. The average Bonchev–Trinajstić information content (AvgIpc) is 2.91. The van der Waals surface area contributed by atoms with Crippen LogP contribution in [0.15, 0.2) is 12.1 Å². The summed E-state index contributed by atoms with van der Waals surface area (Å²) in [4.78, 5) is 12.1. The molecule has 2 rings (SSSR count). The molecule has 5 heteroatoms. The van der Waals surface area contributed by atoms with Crippen LogP contribution in [0.2, 0.25) is 0 Å². The molecule has 1 aromatic rings. The number of benzene rings is 1. The smallest absolute Gasteiger partial charge is 0.251 e. The van der Waals surface area contributed by atoms with Crippen LogP contribution in [0, 0.1) is 12.7 Å². The summed E-state index contributed by atoms with van der Waals surface area (Å²) in [5.41, 5.74) is 6.70. The quantitative estimate of drug-likeness (QED) is 0.839. The van der Waals surface area contributed by atoms with Crippen LogP contribution < -0.4 is 11.1 Å². The summed E-state index contributed by atoms with van der Waals surface area (Å²) in [6.07, 6.45) is 6.75. The van der Waals surface area contributed by atoms with Gasteiger partial charge in [-0.1, -0.05) is 12.8 Å². The van der Waals surface area contributed by atoms with Gasteiger partial charge in [0.1, 0.15) is 5.82 Å². The van der Waals surface area contributed by atoms with Gasteiger partial charge in [0.2, 0.25) is 0 Å². The number of nitrogen functional groups attached to an aromatic ring is 1. The fourth-order valence-electron chi connectivity index (χ4n) is 2.65. The maximum absolute atomic E-state index is 13.6. The summed E-state index contributed by atoms with van der Waals surface area (Å²) in [7, 11) is 0. The van der Waals surface area contributed by atoms with E-state index in [0.717, 1.165) is 12.8 Å². The predicted molar refractivity (Wildman–Crippen MR) is 82.6 cm³/mol. The van der Waals surface area contributed by atoms with Gasteiger partial charge in [-0.15, -0.1) is 0 Å². The Morgan fingerprint density at radius 1 is 1.45 bits per heavy atom. The highest BCUT2D eigenvalue weighted by Crippen LogP contribution is 2.39. The zero-order chi connectivity index (χ0) is 14.8. The van der Waals surface area contributed by atoms with Gasteiger partial charge in [0.15, 0.2) is 0 Å². The second kappa shape index (κ2) is 6.04. The molecule has 1 saturated carbocycles. The molecule has 0 aliphatic heterocycles. The Kier molecular flexibility index (Phi) is 4.58. The molecular formula is C15H21FN2OS. The van der Waals surface area contributed by atoms with Gasteiger partial charge in [-0.05, 0) is 38.2 Å². The first kappa shape index (κ1) is 15.2. The third kappa shape index (κ3) is 3.08. The lowest BCUT2D eigenvalue weighted by Crippen LogP contribution is -2.38. The summed E-state index contributed by atoms with van der Waals surface area (Å²) in [5.74, 6) is -0.688. The van der Waals surface area contributed by atoms with Crippen molar-refractivity contribution in [2.75, 3.05) is 18.5 Å². The molecule has 1 amide bonds. The van der Waals surface area contributed by atoms with Gasteiger partial charge >= 0.3 is 0 Å². The fourth-order valence-corrected chi connectivity index (χ4v) is 3.56. The van der Waals surface area contributed by atoms with Crippen LogP contribution in [0.4, 0.5) is 10.1 Å². The molecule has 3 nitrogen and oxygen atoms in total. The Bertz CT molecular complexity index is 490. The van der Waals surface area contributed by atoms with Crippen LogP contribution in [0.3, 0.4) is 0 Å². The number of thioether (sulfide) groups is 1. The number of anilines is 1. The monoisotopic (exact) mass is 296 g/mol. The Hall–Kier alpha value is -1.23. The van der Waals surface area contributed by atoms with E-state index in [9.17, 15) is 9.18 Å². The minimum absolute atomic E-state index is 0.143. The lowest BCUT2D eigenvalue weighted by molar-refractivity contribution is 0.0949. The molecule has 110 valence electrons. The van der Waals surface area contributed by atoms with Crippen LogP contribution in [0.1, 0.15) is 41.6 Å². The molecule has 0 radical (unpaired) electrons. The van der Waals surface area contributed by atoms with E-state index in [-0.39, 0.29) is 10.7 Å². The summed E-state index contributed by atoms with van der Waals surface area (Å²) in [6.45, 7) is 2.23. The molecule has 0 unspecified atom stereocenters. The van der Waals surface area contributed by atoms with Crippen LogP contribution >= 0.6 is 11.8 Å². The molecule has 0 atom stereocenters. The molecule has 0 bridgehead atoms. The topological polar surface area (TPSA) is 55.1 Å². The van der Waals surface area contributed by atoms with Crippen molar-refractivity contribution in [2.45, 2.75) is 37.4 Å². The Morgan fingerprint density at radius 3 is 2.65 bits per heavy atom. The first-order valence-corrected chi connectivity index (χ1v) is 8.09. The van der Waals surface area contributed by atoms with E-state index in [1.165, 1.54) is 25.0 Å². The maximum Gasteiger partial charge on any atom is 0.251 e. The molecule has 0 heterocycles. The standard InChI is InChI=1S/C15H21FN2OS/c1-10-12(16)7-11(8-13(10)17)14(19)18-9-15(20-2)5-3-4-6-15/h7-8H,3-6,9,17H2,1-2H3,(H,18,19). The molecule has 20 heavy (non-hydrogen) atoms. The van der Waals surface area contributed by atoms with Crippen molar-refractivity contribution in [1.82, 2.24) is 5.32 Å². The summed E-state index contributed by atoms with van der Waals surface area (Å²) >= 11 is 1.81. The highest BCUT2D eigenvalue weighted by atomic mass is 32.2. The molecule has 0 saturated heterocycles. The number of rotatable bonds is 4. The molecule has 1 fully saturated rings. The van der Waals surface area contributed by atoms with Crippen LogP contribution in [-0.2, 0) is 0 Å². The van der Waals surface area contributed by atoms with Crippen LogP contribution in [-0.4, -0.2) is 23.5 Å². The molecule has 0 spiro atoms. The molecule has 1 aliphatic rings. The van der Waals surface area contributed by atoms with E-state index in [4.69, 9.17) is 5.73 Å². The van der Waals surface area contributed by atoms with E-state index < -0.39 is 5.82 Å². The van der Waals surface area contributed by atoms with E-state index in [1.807, 2.05) is 11.8 Å². The van der Waals surface area contributed by atoms with Crippen molar-refractivity contribution in [3.8, 4) is 0 Å². The summed E-state index contributed by atoms with van der Waals surface area (Å²) in [5, 5.41) is 2.92. The Balaban J connectivity index is 2.05. The number of carbonyl (C=O) groups excluding carboxylic acids is 1. The van der Waals surface area contributed by atoms with E-state index in [0.29, 0.717) is 23.4 Å². The van der Waals surface area contributed by atoms with Gasteiger partial charge < -0.3 is 11.1 Å². The first-order chi connectivity index (χ1) is 9.47. The van der Waals surface area contributed by atoms with Gasteiger partial charge in [-0.2, -0.15) is 11.8 Å². The van der Waals surface area contributed by atoms with Crippen molar-refractivity contribution in [3.63, 3.8) is 0 Å². The number of nitrogens with two attached hydrogens (primary N) is 1. The van der Waals surface area contributed by atoms with E-state index in [2.05, 4.69) is 11.6 Å². The second-order valence-electron chi connectivity index (χ2n) is 5.45. The van der Waals surface area contributed by atoms with Crippen molar-refractivity contribution in [1.29, 1.82) is 0 Å². The van der Waals surface area contributed by atoms with Crippen molar-refractivity contribution >= 4 is 23.4 Å². The van der Waals surface area contributed by atoms with Crippen molar-refractivity contribution in [3.05, 3.63) is 29.1 Å². The number of halogens is 1. The normalized spacial score (nSPS) is 17.1. The van der Waals surface area contributed by atoms with Gasteiger partial charge in [-0.25, -0.2) is 4.39 Å². The second-order valence-corrected chi connectivity index (χ2v) is 6.72. The number of hydrogen-bond donors (Lipinski definition) is 2. The van der Waals surface area contributed by atoms with E-state index >= 15 is 0 Å². The third-order valence-electron chi connectivity index (χ3n) is 4.17. The molecule has 1 aromatic carbocycles. The molecule has 0 aromatic heterocycles. The van der Waals surface area contributed by atoms with Crippen molar-refractivity contribution in [2.24, 2.45) is 0 Å². The lowest BCUT2D eigenvalue weighted by Gasteiger charge is -2.27. The average molecular weight is 296 g/mol. The molecule has 3 N–H and O–H groups in total. The molecular weight excluding hydrogens is 275 g/mol. The van der Waals surface area contributed by atoms with Gasteiger partial charge in [0.05, 0.1) is 0 Å². The fraction of sp³-hybridized carbons (Fsp3) is 0.533. The number of hydrogen-bond acceptors (Lipinski definition) is 3. The highest BCUT2D eigenvalue weighted by molar-refractivity contribution is 8.00. The van der Waals surface area contributed by atoms with Gasteiger partial charge in [0.25, 0.3) is 5.91 Å². The van der Waals surface area contributed by atoms with Crippen molar-refractivity contribution < 1.29 is 9.18 Å². The van der Waals surface area contributed by atoms with Gasteiger partial charge in [0, 0.05) is 28.1 Å². The van der Waals surface area contributed by atoms with Crippen LogP contribution in [0.5, 0.6) is 0 Å². The Morgan fingerprint density at radius 2 is 2.10 bits per heavy atom.